The largest absolute Gasteiger partial charge is 0.382 e. The molecule has 1 atom stereocenters. The summed E-state index contributed by atoms with van der Waals surface area (Å²) in [4.78, 5) is 19.0. The molecule has 0 saturated carbocycles. The van der Waals surface area contributed by atoms with Gasteiger partial charge in [0.1, 0.15) is 10.7 Å². The van der Waals surface area contributed by atoms with E-state index >= 15 is 0 Å². The van der Waals surface area contributed by atoms with Crippen LogP contribution in [0, 0.1) is 5.92 Å². The number of nitrogens with one attached hydrogen (secondary N) is 1. The Balaban J connectivity index is 2.61. The van der Waals surface area contributed by atoms with Crippen molar-refractivity contribution < 1.29 is 4.79 Å². The van der Waals surface area contributed by atoms with E-state index in [-0.39, 0.29) is 5.91 Å². The molecule has 6 heteroatoms. The number of unbranched alkanes of at least 4 members (excludes halogenated alkanes) is 1. The topological polar surface area (TPSA) is 71.2 Å². The minimum Gasteiger partial charge on any atom is -0.382 e. The maximum atomic E-state index is 12.2. The Bertz CT molecular complexity index is 447. The maximum Gasteiger partial charge on any atom is 0.265 e. The lowest BCUT2D eigenvalue weighted by molar-refractivity contribution is 0.0950. The summed E-state index contributed by atoms with van der Waals surface area (Å²) in [5.74, 6) is 0.769. The number of nitrogens with zero attached hydrogens (tertiary/aromatic N) is 2. The molecule has 0 fully saturated rings. The number of nitrogen functional groups attached to an aromatic ring is 1. The lowest BCUT2D eigenvalue weighted by Gasteiger charge is -2.14. The minimum atomic E-state index is -0.101. The highest BCUT2D eigenvalue weighted by molar-refractivity contribution is 7.18. The zero-order valence-corrected chi connectivity index (χ0v) is 14.4. The molecule has 1 rings (SSSR count). The van der Waals surface area contributed by atoms with Crippen LogP contribution in [0.15, 0.2) is 0 Å². The zero-order chi connectivity index (χ0) is 15.8. The fourth-order valence-electron chi connectivity index (χ4n) is 2.04. The number of hydrogen-bond acceptors (Lipinski definition) is 5. The van der Waals surface area contributed by atoms with Gasteiger partial charge in [-0.3, -0.25) is 4.79 Å². The van der Waals surface area contributed by atoms with Gasteiger partial charge in [-0.15, -0.1) is 0 Å². The molecule has 0 aromatic carbocycles. The second kappa shape index (κ2) is 8.87. The van der Waals surface area contributed by atoms with Crippen molar-refractivity contribution in [1.82, 2.24) is 10.3 Å². The molecule has 3 N–H and O–H groups in total. The third kappa shape index (κ3) is 5.19. The Kier molecular flexibility index (Phi) is 7.50. The van der Waals surface area contributed by atoms with Crippen LogP contribution in [0.4, 0.5) is 10.9 Å². The van der Waals surface area contributed by atoms with Crippen molar-refractivity contribution in [1.29, 1.82) is 0 Å². The lowest BCUT2D eigenvalue weighted by atomic mass is 9.99. The predicted octanol–water partition coefficient (Wildman–Crippen LogP) is 3.13. The number of thiazole rings is 1. The number of hydrogen-bond donors (Lipinski definition) is 2. The number of nitrogens with two attached hydrogens (primary N) is 1. The maximum absolute atomic E-state index is 12.2. The van der Waals surface area contributed by atoms with Crippen molar-refractivity contribution in [3.05, 3.63) is 4.88 Å². The molecule has 0 radical (unpaired) electrons. The van der Waals surface area contributed by atoms with Gasteiger partial charge in [-0.1, -0.05) is 44.4 Å². The Morgan fingerprint density at radius 2 is 2.14 bits per heavy atom. The number of anilines is 2. The van der Waals surface area contributed by atoms with Gasteiger partial charge in [0.15, 0.2) is 5.13 Å². The van der Waals surface area contributed by atoms with E-state index in [0.29, 0.717) is 23.2 Å². The van der Waals surface area contributed by atoms with Crippen LogP contribution in [0.3, 0.4) is 0 Å². The molecule has 1 amide bonds. The summed E-state index contributed by atoms with van der Waals surface area (Å²) in [7, 11) is 1.94. The van der Waals surface area contributed by atoms with Crippen LogP contribution in [-0.4, -0.2) is 31.0 Å². The van der Waals surface area contributed by atoms with Crippen LogP contribution >= 0.6 is 11.3 Å². The third-order valence-electron chi connectivity index (χ3n) is 3.74. The molecular formula is C15H28N4OS. The predicted molar refractivity (Wildman–Crippen MR) is 91.1 cm³/mol. The van der Waals surface area contributed by atoms with E-state index in [1.54, 1.807) is 0 Å². The summed E-state index contributed by atoms with van der Waals surface area (Å²) >= 11 is 1.36. The van der Waals surface area contributed by atoms with Crippen molar-refractivity contribution in [3.8, 4) is 0 Å². The average molecular weight is 312 g/mol. The third-order valence-corrected chi connectivity index (χ3v) is 4.93. The second-order valence-electron chi connectivity index (χ2n) is 5.35. The molecule has 0 aliphatic carbocycles. The second-order valence-corrected chi connectivity index (χ2v) is 6.33. The summed E-state index contributed by atoms with van der Waals surface area (Å²) in [5.41, 5.74) is 5.87. The molecule has 0 spiro atoms. The summed E-state index contributed by atoms with van der Waals surface area (Å²) in [5, 5.41) is 3.79. The van der Waals surface area contributed by atoms with E-state index in [1.807, 2.05) is 18.9 Å². The SMILES string of the molecule is CCCCC(CC)CNC(=O)c1sc(N(C)CC)nc1N. The molecule has 0 aliphatic rings. The van der Waals surface area contributed by atoms with Gasteiger partial charge in [-0.05, 0) is 19.3 Å². The summed E-state index contributed by atoms with van der Waals surface area (Å²) in [6, 6.07) is 0. The van der Waals surface area contributed by atoms with E-state index in [1.165, 1.54) is 24.2 Å². The molecular weight excluding hydrogens is 284 g/mol. The Morgan fingerprint density at radius 3 is 2.71 bits per heavy atom. The van der Waals surface area contributed by atoms with Crippen LogP contribution in [0.1, 0.15) is 56.1 Å². The van der Waals surface area contributed by atoms with Crippen LogP contribution in [0.25, 0.3) is 0 Å². The van der Waals surface area contributed by atoms with Crippen LogP contribution < -0.4 is 16.0 Å². The number of rotatable bonds is 9. The van der Waals surface area contributed by atoms with Gasteiger partial charge in [0.05, 0.1) is 0 Å². The number of carbonyl (C=O) groups is 1. The molecule has 1 heterocycles. The molecule has 120 valence electrons. The van der Waals surface area contributed by atoms with Crippen molar-refractivity contribution >= 4 is 28.2 Å². The molecule has 5 nitrogen and oxygen atoms in total. The van der Waals surface area contributed by atoms with Gasteiger partial charge in [0.2, 0.25) is 0 Å². The summed E-state index contributed by atoms with van der Waals surface area (Å²) < 4.78 is 0. The average Bonchev–Trinajstić information content (AvgIpc) is 2.88. The zero-order valence-electron chi connectivity index (χ0n) is 13.6. The first-order valence-corrected chi connectivity index (χ1v) is 8.60. The quantitative estimate of drug-likeness (QED) is 0.735. The number of carbonyl (C=O) groups excluding carboxylic acids is 1. The summed E-state index contributed by atoms with van der Waals surface area (Å²) in [6.07, 6.45) is 4.65. The Hall–Kier alpha value is -1.30. The molecule has 0 aliphatic heterocycles. The minimum absolute atomic E-state index is 0.101. The van der Waals surface area contributed by atoms with E-state index < -0.39 is 0 Å². The molecule has 0 saturated heterocycles. The Labute approximate surface area is 131 Å². The van der Waals surface area contributed by atoms with Gasteiger partial charge in [-0.2, -0.15) is 0 Å². The summed E-state index contributed by atoms with van der Waals surface area (Å²) in [6.45, 7) is 7.95. The smallest absolute Gasteiger partial charge is 0.265 e. The standard InChI is InChI=1S/C15H28N4OS/c1-5-8-9-11(6-2)10-17-14(20)12-13(16)18-15(21-12)19(4)7-3/h11H,5-10,16H2,1-4H3,(H,17,20). The fourth-order valence-corrected chi connectivity index (χ4v) is 2.97. The molecule has 21 heavy (non-hydrogen) atoms. The fraction of sp³-hybridized carbons (Fsp3) is 0.733. The molecule has 1 unspecified atom stereocenters. The van der Waals surface area contributed by atoms with Crippen molar-refractivity contribution in [2.45, 2.75) is 46.5 Å². The van der Waals surface area contributed by atoms with Gasteiger partial charge < -0.3 is 16.0 Å². The Morgan fingerprint density at radius 1 is 1.43 bits per heavy atom. The van der Waals surface area contributed by atoms with Gasteiger partial charge in [-0.25, -0.2) is 4.98 Å². The first-order valence-electron chi connectivity index (χ1n) is 7.78. The first kappa shape index (κ1) is 17.8. The number of amides is 1. The normalized spacial score (nSPS) is 12.2. The van der Waals surface area contributed by atoms with Gasteiger partial charge >= 0.3 is 0 Å². The van der Waals surface area contributed by atoms with Crippen molar-refractivity contribution in [2.75, 3.05) is 30.8 Å². The highest BCUT2D eigenvalue weighted by atomic mass is 32.1. The number of aromatic nitrogens is 1. The van der Waals surface area contributed by atoms with Crippen LogP contribution in [0.2, 0.25) is 0 Å². The molecule has 1 aromatic rings. The van der Waals surface area contributed by atoms with Crippen molar-refractivity contribution in [3.63, 3.8) is 0 Å². The molecule has 1 aromatic heterocycles. The van der Waals surface area contributed by atoms with Crippen molar-refractivity contribution in [2.24, 2.45) is 5.92 Å². The van der Waals surface area contributed by atoms with Crippen LogP contribution in [0.5, 0.6) is 0 Å². The van der Waals surface area contributed by atoms with Crippen LogP contribution in [-0.2, 0) is 0 Å². The monoisotopic (exact) mass is 312 g/mol. The van der Waals surface area contributed by atoms with Gasteiger partial charge in [0, 0.05) is 20.1 Å². The lowest BCUT2D eigenvalue weighted by Crippen LogP contribution is -2.29. The van der Waals surface area contributed by atoms with E-state index in [0.717, 1.165) is 24.5 Å². The molecule has 0 bridgehead atoms. The highest BCUT2D eigenvalue weighted by Gasteiger charge is 2.18. The first-order chi connectivity index (χ1) is 10.0. The van der Waals surface area contributed by atoms with E-state index in [4.69, 9.17) is 5.73 Å². The van der Waals surface area contributed by atoms with E-state index in [2.05, 4.69) is 24.1 Å². The van der Waals surface area contributed by atoms with Gasteiger partial charge in [0.25, 0.3) is 5.91 Å². The highest BCUT2D eigenvalue weighted by Crippen LogP contribution is 2.27. The van der Waals surface area contributed by atoms with E-state index in [9.17, 15) is 4.79 Å².